The molecule has 76 valence electrons. The quantitative estimate of drug-likeness (QED) is 0.614. The monoisotopic (exact) mass is 185 g/mol. The third-order valence-corrected chi connectivity index (χ3v) is 1.94. The zero-order chi connectivity index (χ0) is 10.1. The van der Waals surface area contributed by atoms with Crippen LogP contribution in [0.5, 0.6) is 0 Å². The molecule has 0 fully saturated rings. The Hall–Kier alpha value is -0.505. The van der Waals surface area contributed by atoms with Crippen molar-refractivity contribution in [3.05, 3.63) is 0 Å². The molecule has 0 atom stereocenters. The standard InChI is InChI=1S/C9H20BNO2/c1-3-4-6-10(7-5-8-11)13-9(2)12/h3-8,11H2,1-2H3. The van der Waals surface area contributed by atoms with Gasteiger partial charge in [0.25, 0.3) is 5.97 Å². The lowest BCUT2D eigenvalue weighted by molar-refractivity contribution is -0.132. The maximum atomic E-state index is 10.7. The smallest absolute Gasteiger partial charge is 0.361 e. The van der Waals surface area contributed by atoms with E-state index in [0.717, 1.165) is 31.9 Å². The van der Waals surface area contributed by atoms with Crippen molar-refractivity contribution in [3.63, 3.8) is 0 Å². The van der Waals surface area contributed by atoms with Gasteiger partial charge in [-0.25, -0.2) is 0 Å². The van der Waals surface area contributed by atoms with Gasteiger partial charge in [-0.3, -0.25) is 4.79 Å². The van der Waals surface area contributed by atoms with E-state index in [4.69, 9.17) is 10.4 Å². The molecule has 0 aromatic rings. The van der Waals surface area contributed by atoms with Gasteiger partial charge >= 0.3 is 6.92 Å². The Morgan fingerprint density at radius 3 is 2.46 bits per heavy atom. The first kappa shape index (κ1) is 12.5. The highest BCUT2D eigenvalue weighted by Gasteiger charge is 2.17. The molecule has 3 nitrogen and oxygen atoms in total. The molecule has 0 heterocycles. The molecule has 2 N–H and O–H groups in total. The Morgan fingerprint density at radius 2 is 2.00 bits per heavy atom. The molecule has 0 aliphatic rings. The van der Waals surface area contributed by atoms with Gasteiger partial charge in [0.05, 0.1) is 0 Å². The summed E-state index contributed by atoms with van der Waals surface area (Å²) in [4.78, 5) is 10.7. The van der Waals surface area contributed by atoms with Crippen molar-refractivity contribution in [3.8, 4) is 0 Å². The molecule has 0 aliphatic carbocycles. The molecule has 0 aromatic heterocycles. The molecule has 0 saturated heterocycles. The minimum Gasteiger partial charge on any atom is -0.537 e. The SMILES string of the molecule is CCCCB(CCCN)OC(C)=O. The summed E-state index contributed by atoms with van der Waals surface area (Å²) >= 11 is 0. The summed E-state index contributed by atoms with van der Waals surface area (Å²) in [5.41, 5.74) is 5.40. The summed E-state index contributed by atoms with van der Waals surface area (Å²) in [7, 11) is 0. The third kappa shape index (κ3) is 7.84. The lowest BCUT2D eigenvalue weighted by Crippen LogP contribution is -2.21. The molecule has 0 unspecified atom stereocenters. The average molecular weight is 185 g/mol. The van der Waals surface area contributed by atoms with Gasteiger partial charge in [0.1, 0.15) is 0 Å². The summed E-state index contributed by atoms with van der Waals surface area (Å²) in [6.07, 6.45) is 5.05. The Balaban J connectivity index is 3.66. The molecule has 0 aromatic carbocycles. The van der Waals surface area contributed by atoms with Crippen molar-refractivity contribution in [2.24, 2.45) is 5.73 Å². The average Bonchev–Trinajstić information content (AvgIpc) is 2.09. The Labute approximate surface area is 81.1 Å². The fourth-order valence-corrected chi connectivity index (χ4v) is 1.27. The first-order valence-corrected chi connectivity index (χ1v) is 5.08. The Bertz CT molecular complexity index is 134. The predicted molar refractivity (Wildman–Crippen MR) is 55.7 cm³/mol. The van der Waals surface area contributed by atoms with Crippen LogP contribution in [-0.4, -0.2) is 19.4 Å². The minimum atomic E-state index is -0.182. The van der Waals surface area contributed by atoms with Crippen molar-refractivity contribution in [1.82, 2.24) is 0 Å². The summed E-state index contributed by atoms with van der Waals surface area (Å²) in [5.74, 6) is -0.182. The molecule has 0 saturated carbocycles. The second-order valence-corrected chi connectivity index (χ2v) is 3.30. The molecule has 13 heavy (non-hydrogen) atoms. The summed E-state index contributed by atoms with van der Waals surface area (Å²) in [5, 5.41) is 0. The largest absolute Gasteiger partial charge is 0.537 e. The van der Waals surface area contributed by atoms with Crippen LogP contribution < -0.4 is 5.73 Å². The van der Waals surface area contributed by atoms with Crippen molar-refractivity contribution >= 4 is 12.9 Å². The normalized spacial score (nSPS) is 9.77. The van der Waals surface area contributed by atoms with E-state index in [2.05, 4.69) is 6.92 Å². The van der Waals surface area contributed by atoms with Crippen LogP contribution in [0.2, 0.25) is 12.6 Å². The van der Waals surface area contributed by atoms with E-state index < -0.39 is 0 Å². The van der Waals surface area contributed by atoms with Gasteiger partial charge in [-0.2, -0.15) is 0 Å². The highest BCUT2D eigenvalue weighted by molar-refractivity contribution is 6.53. The van der Waals surface area contributed by atoms with Crippen molar-refractivity contribution < 1.29 is 9.45 Å². The zero-order valence-corrected chi connectivity index (χ0v) is 8.71. The second kappa shape index (κ2) is 8.11. The Kier molecular flexibility index (Phi) is 7.79. The number of hydrogen-bond donors (Lipinski definition) is 1. The number of carbonyl (C=O) groups is 1. The summed E-state index contributed by atoms with van der Waals surface area (Å²) < 4.78 is 5.16. The van der Waals surface area contributed by atoms with Gasteiger partial charge in [-0.15, -0.1) is 0 Å². The van der Waals surface area contributed by atoms with E-state index in [9.17, 15) is 4.79 Å². The minimum absolute atomic E-state index is 0.0843. The number of nitrogens with two attached hydrogens (primary N) is 1. The lowest BCUT2D eigenvalue weighted by Gasteiger charge is -2.11. The molecule has 0 amide bonds. The van der Waals surface area contributed by atoms with Crippen LogP contribution in [0.3, 0.4) is 0 Å². The van der Waals surface area contributed by atoms with Gasteiger partial charge < -0.3 is 10.4 Å². The third-order valence-electron chi connectivity index (χ3n) is 1.94. The molecular formula is C9H20BNO2. The van der Waals surface area contributed by atoms with Crippen molar-refractivity contribution in [1.29, 1.82) is 0 Å². The molecule has 0 radical (unpaired) electrons. The van der Waals surface area contributed by atoms with Crippen LogP contribution in [0.25, 0.3) is 0 Å². The fraction of sp³-hybridized carbons (Fsp3) is 0.889. The molecule has 0 rings (SSSR count). The number of unbranched alkanes of at least 4 members (excludes halogenated alkanes) is 1. The number of carbonyl (C=O) groups excluding carboxylic acids is 1. The molecule has 4 heteroatoms. The maximum Gasteiger partial charge on any atom is 0.361 e. The maximum absolute atomic E-state index is 10.7. The lowest BCUT2D eigenvalue weighted by atomic mass is 9.59. The first-order valence-electron chi connectivity index (χ1n) is 5.08. The van der Waals surface area contributed by atoms with Gasteiger partial charge in [0, 0.05) is 6.92 Å². The molecule has 0 spiro atoms. The van der Waals surface area contributed by atoms with E-state index in [0.29, 0.717) is 6.54 Å². The molecule has 0 aliphatic heterocycles. The fourth-order valence-electron chi connectivity index (χ4n) is 1.27. The summed E-state index contributed by atoms with van der Waals surface area (Å²) in [6, 6.07) is 0. The van der Waals surface area contributed by atoms with Crippen molar-refractivity contribution in [2.75, 3.05) is 6.54 Å². The predicted octanol–water partition coefficient (Wildman–Crippen LogP) is 1.69. The van der Waals surface area contributed by atoms with E-state index >= 15 is 0 Å². The first-order chi connectivity index (χ1) is 6.20. The molecule has 0 bridgehead atoms. The topological polar surface area (TPSA) is 52.3 Å². The van der Waals surface area contributed by atoms with Crippen LogP contribution in [0.4, 0.5) is 0 Å². The van der Waals surface area contributed by atoms with Gasteiger partial charge in [0.15, 0.2) is 0 Å². The Morgan fingerprint density at radius 1 is 1.38 bits per heavy atom. The second-order valence-electron chi connectivity index (χ2n) is 3.30. The van der Waals surface area contributed by atoms with Crippen LogP contribution >= 0.6 is 0 Å². The van der Waals surface area contributed by atoms with Gasteiger partial charge in [-0.1, -0.05) is 19.8 Å². The van der Waals surface area contributed by atoms with Gasteiger partial charge in [-0.05, 0) is 25.6 Å². The highest BCUT2D eigenvalue weighted by atomic mass is 16.5. The van der Waals surface area contributed by atoms with Crippen LogP contribution in [0.15, 0.2) is 0 Å². The highest BCUT2D eigenvalue weighted by Crippen LogP contribution is 2.09. The van der Waals surface area contributed by atoms with Crippen LogP contribution in [0, 0.1) is 0 Å². The summed E-state index contributed by atoms with van der Waals surface area (Å²) in [6.45, 7) is 4.35. The number of rotatable bonds is 7. The van der Waals surface area contributed by atoms with E-state index in [1.165, 1.54) is 6.92 Å². The van der Waals surface area contributed by atoms with Crippen LogP contribution in [0.1, 0.15) is 33.1 Å². The van der Waals surface area contributed by atoms with Gasteiger partial charge in [0.2, 0.25) is 0 Å². The zero-order valence-electron chi connectivity index (χ0n) is 8.71. The van der Waals surface area contributed by atoms with Crippen LogP contribution in [-0.2, 0) is 9.45 Å². The van der Waals surface area contributed by atoms with Crippen molar-refractivity contribution in [2.45, 2.75) is 45.8 Å². The molecular weight excluding hydrogens is 165 g/mol. The van der Waals surface area contributed by atoms with E-state index in [1.807, 2.05) is 0 Å². The van der Waals surface area contributed by atoms with E-state index in [-0.39, 0.29) is 12.9 Å². The van der Waals surface area contributed by atoms with E-state index in [1.54, 1.807) is 0 Å². The number of hydrogen-bond acceptors (Lipinski definition) is 3.